The van der Waals surface area contributed by atoms with Gasteiger partial charge in [-0.15, -0.1) is 34.0 Å². The number of aryl methyl sites for hydroxylation is 2. The van der Waals surface area contributed by atoms with Crippen molar-refractivity contribution in [2.24, 2.45) is 0 Å². The van der Waals surface area contributed by atoms with E-state index in [1.807, 2.05) is 34.0 Å². The van der Waals surface area contributed by atoms with Crippen LogP contribution < -0.4 is 4.74 Å². The molecule has 0 aliphatic heterocycles. The standard InChI is InChI=1S/C41H56OS3/c1-4-7-9-11-13-15-17-19-21-34-29-31-43-40(34)39-32-35(22-20-18-16-14-12-10-8-5-2)41(45-39)38-28-27-37(44-38)33-23-25-36(26-24-33)42-30-6-3/h6,23-29,31-32H,3-5,7-22,30H2,1-2H3. The fraction of sp³-hybridized carbons (Fsp3) is 0.512. The summed E-state index contributed by atoms with van der Waals surface area (Å²) in [6.07, 6.45) is 26.1. The van der Waals surface area contributed by atoms with Gasteiger partial charge in [0.25, 0.3) is 0 Å². The van der Waals surface area contributed by atoms with Gasteiger partial charge in [0.15, 0.2) is 0 Å². The van der Waals surface area contributed by atoms with Crippen LogP contribution >= 0.6 is 34.0 Å². The maximum Gasteiger partial charge on any atom is 0.119 e. The molecule has 4 aromatic rings. The monoisotopic (exact) mass is 660 g/mol. The molecule has 4 rings (SSSR count). The summed E-state index contributed by atoms with van der Waals surface area (Å²) in [6, 6.07) is 18.1. The van der Waals surface area contributed by atoms with Crippen molar-refractivity contribution < 1.29 is 4.74 Å². The van der Waals surface area contributed by atoms with E-state index in [1.54, 1.807) is 17.2 Å². The van der Waals surface area contributed by atoms with Crippen LogP contribution in [0.15, 0.2) is 66.6 Å². The van der Waals surface area contributed by atoms with E-state index in [1.165, 1.54) is 146 Å². The average molecular weight is 661 g/mol. The molecule has 4 heteroatoms. The van der Waals surface area contributed by atoms with Gasteiger partial charge in [-0.2, -0.15) is 0 Å². The van der Waals surface area contributed by atoms with Crippen LogP contribution in [0, 0.1) is 0 Å². The highest BCUT2D eigenvalue weighted by Gasteiger charge is 2.17. The molecule has 0 aliphatic carbocycles. The third-order valence-electron chi connectivity index (χ3n) is 8.72. The second-order valence-electron chi connectivity index (χ2n) is 12.5. The summed E-state index contributed by atoms with van der Waals surface area (Å²) in [6.45, 7) is 8.89. The molecule has 0 unspecified atom stereocenters. The molecule has 1 nitrogen and oxygen atoms in total. The normalized spacial score (nSPS) is 11.3. The zero-order valence-electron chi connectivity index (χ0n) is 28.0. The number of benzene rings is 1. The predicted molar refractivity (Wildman–Crippen MR) is 205 cm³/mol. The number of unbranched alkanes of at least 4 members (excludes halogenated alkanes) is 14. The van der Waals surface area contributed by atoms with E-state index in [-0.39, 0.29) is 0 Å². The largest absolute Gasteiger partial charge is 0.490 e. The van der Waals surface area contributed by atoms with E-state index in [0.717, 1.165) is 5.75 Å². The molecule has 0 saturated heterocycles. The van der Waals surface area contributed by atoms with E-state index in [9.17, 15) is 0 Å². The number of hydrogen-bond acceptors (Lipinski definition) is 4. The highest BCUT2D eigenvalue weighted by molar-refractivity contribution is 7.27. The summed E-state index contributed by atoms with van der Waals surface area (Å²) in [5, 5.41) is 2.32. The van der Waals surface area contributed by atoms with E-state index in [2.05, 4.69) is 74.3 Å². The first-order chi connectivity index (χ1) is 22.2. The van der Waals surface area contributed by atoms with Gasteiger partial charge in [0.2, 0.25) is 0 Å². The fourth-order valence-electron chi connectivity index (χ4n) is 6.07. The first-order valence-corrected chi connectivity index (χ1v) is 20.4. The predicted octanol–water partition coefficient (Wildman–Crippen LogP) is 14.8. The summed E-state index contributed by atoms with van der Waals surface area (Å²) >= 11 is 5.90. The topological polar surface area (TPSA) is 9.23 Å². The summed E-state index contributed by atoms with van der Waals surface area (Å²) in [5.74, 6) is 0.893. The molecule has 3 heterocycles. The molecule has 0 spiro atoms. The van der Waals surface area contributed by atoms with E-state index in [4.69, 9.17) is 4.74 Å². The van der Waals surface area contributed by atoms with Gasteiger partial charge < -0.3 is 4.74 Å². The molecular weight excluding hydrogens is 605 g/mol. The molecule has 0 amide bonds. The van der Waals surface area contributed by atoms with Gasteiger partial charge in [-0.3, -0.25) is 0 Å². The lowest BCUT2D eigenvalue weighted by molar-refractivity contribution is 0.363. The molecule has 1 aromatic carbocycles. The zero-order valence-corrected chi connectivity index (χ0v) is 30.5. The second kappa shape index (κ2) is 20.9. The average Bonchev–Trinajstić information content (AvgIpc) is 3.83. The summed E-state index contributed by atoms with van der Waals surface area (Å²) in [4.78, 5) is 7.20. The lowest BCUT2D eigenvalue weighted by atomic mass is 10.0. The number of ether oxygens (including phenoxy) is 1. The first-order valence-electron chi connectivity index (χ1n) is 17.9. The summed E-state index contributed by atoms with van der Waals surface area (Å²) in [5.41, 5.74) is 4.36. The van der Waals surface area contributed by atoms with Gasteiger partial charge in [0.1, 0.15) is 12.4 Å². The van der Waals surface area contributed by atoms with Crippen molar-refractivity contribution in [3.05, 3.63) is 77.7 Å². The SMILES string of the molecule is C=CCOc1ccc(-c2ccc(-c3sc(-c4sccc4CCCCCCCCCC)cc3CCCCCCCCCC)s2)cc1. The second-order valence-corrected chi connectivity index (χ2v) is 15.5. The van der Waals surface area contributed by atoms with E-state index in [0.29, 0.717) is 6.61 Å². The van der Waals surface area contributed by atoms with Crippen molar-refractivity contribution in [3.8, 4) is 35.7 Å². The first kappa shape index (κ1) is 35.7. The lowest BCUT2D eigenvalue weighted by Crippen LogP contribution is -1.91. The molecule has 0 N–H and O–H groups in total. The number of hydrogen-bond donors (Lipinski definition) is 0. The van der Waals surface area contributed by atoms with Crippen LogP contribution in [-0.2, 0) is 12.8 Å². The minimum atomic E-state index is 0.538. The van der Waals surface area contributed by atoms with Crippen LogP contribution in [0.1, 0.15) is 128 Å². The molecule has 0 fully saturated rings. The Labute approximate surface area is 286 Å². The van der Waals surface area contributed by atoms with Crippen LogP contribution in [0.2, 0.25) is 0 Å². The Kier molecular flexibility index (Phi) is 16.6. The molecule has 0 aliphatic rings. The van der Waals surface area contributed by atoms with Gasteiger partial charge in [-0.05, 0) is 96.3 Å². The smallest absolute Gasteiger partial charge is 0.119 e. The quantitative estimate of drug-likeness (QED) is 0.0537. The van der Waals surface area contributed by atoms with Crippen molar-refractivity contribution in [1.29, 1.82) is 0 Å². The third-order valence-corrected chi connectivity index (χ3v) is 12.3. The van der Waals surface area contributed by atoms with Gasteiger partial charge in [0, 0.05) is 24.4 Å². The third kappa shape index (κ3) is 11.9. The molecule has 0 bridgehead atoms. The van der Waals surface area contributed by atoms with Crippen molar-refractivity contribution in [3.63, 3.8) is 0 Å². The Morgan fingerprint density at radius 3 is 1.78 bits per heavy atom. The Morgan fingerprint density at radius 1 is 0.578 bits per heavy atom. The Morgan fingerprint density at radius 2 is 1.16 bits per heavy atom. The van der Waals surface area contributed by atoms with E-state index < -0.39 is 0 Å². The van der Waals surface area contributed by atoms with Crippen LogP contribution in [0.5, 0.6) is 5.75 Å². The Balaban J connectivity index is 1.44. The molecule has 244 valence electrons. The van der Waals surface area contributed by atoms with Crippen LogP contribution in [-0.4, -0.2) is 6.61 Å². The molecule has 3 aromatic heterocycles. The van der Waals surface area contributed by atoms with Crippen molar-refractivity contribution in [1.82, 2.24) is 0 Å². The number of rotatable bonds is 24. The van der Waals surface area contributed by atoms with Gasteiger partial charge >= 0.3 is 0 Å². The molecule has 0 atom stereocenters. The lowest BCUT2D eigenvalue weighted by Gasteiger charge is -2.04. The van der Waals surface area contributed by atoms with Gasteiger partial charge in [-0.25, -0.2) is 0 Å². The van der Waals surface area contributed by atoms with Crippen molar-refractivity contribution in [2.75, 3.05) is 6.61 Å². The fourth-order valence-corrected chi connectivity index (χ4v) is 9.54. The Bertz CT molecular complexity index is 1360. The highest BCUT2D eigenvalue weighted by atomic mass is 32.1. The maximum absolute atomic E-state index is 5.71. The molecule has 0 saturated carbocycles. The minimum Gasteiger partial charge on any atom is -0.490 e. The van der Waals surface area contributed by atoms with Gasteiger partial charge in [0.05, 0.1) is 0 Å². The van der Waals surface area contributed by atoms with Gasteiger partial charge in [-0.1, -0.05) is 116 Å². The highest BCUT2D eigenvalue weighted by Crippen LogP contribution is 2.45. The van der Waals surface area contributed by atoms with Crippen molar-refractivity contribution in [2.45, 2.75) is 129 Å². The molecule has 45 heavy (non-hydrogen) atoms. The number of thiophene rings is 3. The van der Waals surface area contributed by atoms with Crippen LogP contribution in [0.25, 0.3) is 29.9 Å². The maximum atomic E-state index is 5.71. The van der Waals surface area contributed by atoms with E-state index >= 15 is 0 Å². The molecule has 0 radical (unpaired) electrons. The minimum absolute atomic E-state index is 0.538. The Hall–Kier alpha value is -2.14. The molecular formula is C41H56OS3. The van der Waals surface area contributed by atoms with Crippen molar-refractivity contribution >= 4 is 34.0 Å². The summed E-state index contributed by atoms with van der Waals surface area (Å²) in [7, 11) is 0. The van der Waals surface area contributed by atoms with Crippen LogP contribution in [0.4, 0.5) is 0 Å². The summed E-state index contributed by atoms with van der Waals surface area (Å²) < 4.78 is 5.71. The van der Waals surface area contributed by atoms with Crippen LogP contribution in [0.3, 0.4) is 0 Å². The zero-order chi connectivity index (χ0) is 31.5.